The van der Waals surface area contributed by atoms with Gasteiger partial charge in [0, 0.05) is 12.6 Å². The first-order chi connectivity index (χ1) is 9.92. The van der Waals surface area contributed by atoms with Crippen molar-refractivity contribution in [3.8, 4) is 0 Å². The lowest BCUT2D eigenvalue weighted by Gasteiger charge is -2.12. The SMILES string of the molecule is Cc1cc(NC(=O)C(C)SCC(=O)NCC(C)CN)no1. The van der Waals surface area contributed by atoms with Crippen LogP contribution in [0.15, 0.2) is 10.6 Å². The predicted molar refractivity (Wildman–Crippen MR) is 83.0 cm³/mol. The van der Waals surface area contributed by atoms with Crippen LogP contribution >= 0.6 is 11.8 Å². The van der Waals surface area contributed by atoms with Crippen LogP contribution in [0.25, 0.3) is 0 Å². The zero-order chi connectivity index (χ0) is 15.8. The molecule has 0 aliphatic carbocycles. The van der Waals surface area contributed by atoms with Gasteiger partial charge in [-0.3, -0.25) is 9.59 Å². The van der Waals surface area contributed by atoms with Gasteiger partial charge in [0.15, 0.2) is 5.82 Å². The first-order valence-electron chi connectivity index (χ1n) is 6.75. The number of aryl methyl sites for hydroxylation is 1. The molecule has 2 amide bonds. The van der Waals surface area contributed by atoms with Crippen LogP contribution in [0.5, 0.6) is 0 Å². The number of aromatic nitrogens is 1. The number of carbonyl (C=O) groups is 2. The van der Waals surface area contributed by atoms with Crippen molar-refractivity contribution in [2.75, 3.05) is 24.2 Å². The maximum Gasteiger partial charge on any atom is 0.238 e. The van der Waals surface area contributed by atoms with E-state index >= 15 is 0 Å². The lowest BCUT2D eigenvalue weighted by atomic mass is 10.2. The van der Waals surface area contributed by atoms with Crippen molar-refractivity contribution in [1.82, 2.24) is 10.5 Å². The van der Waals surface area contributed by atoms with Crippen molar-refractivity contribution < 1.29 is 14.1 Å². The second-order valence-corrected chi connectivity index (χ2v) is 6.24. The van der Waals surface area contributed by atoms with E-state index in [0.29, 0.717) is 24.7 Å². The molecule has 2 atom stereocenters. The van der Waals surface area contributed by atoms with E-state index in [9.17, 15) is 9.59 Å². The van der Waals surface area contributed by atoms with Crippen LogP contribution < -0.4 is 16.4 Å². The summed E-state index contributed by atoms with van der Waals surface area (Å²) in [7, 11) is 0. The van der Waals surface area contributed by atoms with E-state index < -0.39 is 0 Å². The van der Waals surface area contributed by atoms with Crippen molar-refractivity contribution in [3.05, 3.63) is 11.8 Å². The average Bonchev–Trinajstić information content (AvgIpc) is 2.86. The molecule has 1 aromatic heterocycles. The Morgan fingerprint density at radius 2 is 2.19 bits per heavy atom. The Morgan fingerprint density at radius 3 is 2.76 bits per heavy atom. The number of nitrogens with one attached hydrogen (secondary N) is 2. The Balaban J connectivity index is 2.27. The molecule has 1 heterocycles. The van der Waals surface area contributed by atoms with E-state index in [4.69, 9.17) is 10.3 Å². The molecule has 0 aromatic carbocycles. The van der Waals surface area contributed by atoms with E-state index in [1.807, 2.05) is 6.92 Å². The van der Waals surface area contributed by atoms with Crippen molar-refractivity contribution in [2.24, 2.45) is 11.7 Å². The Hall–Kier alpha value is -1.54. The number of anilines is 1. The van der Waals surface area contributed by atoms with Crippen LogP contribution in [0.4, 0.5) is 5.82 Å². The van der Waals surface area contributed by atoms with Crippen LogP contribution in [-0.2, 0) is 9.59 Å². The van der Waals surface area contributed by atoms with Gasteiger partial charge in [0.1, 0.15) is 5.76 Å². The van der Waals surface area contributed by atoms with Gasteiger partial charge in [-0.1, -0.05) is 12.1 Å². The maximum absolute atomic E-state index is 11.9. The van der Waals surface area contributed by atoms with Gasteiger partial charge in [0.2, 0.25) is 11.8 Å². The number of hydrogen-bond donors (Lipinski definition) is 3. The summed E-state index contributed by atoms with van der Waals surface area (Å²) in [6.07, 6.45) is 0. The summed E-state index contributed by atoms with van der Waals surface area (Å²) in [6.45, 7) is 6.53. The van der Waals surface area contributed by atoms with Crippen molar-refractivity contribution >= 4 is 29.4 Å². The molecule has 118 valence electrons. The fourth-order valence-electron chi connectivity index (χ4n) is 1.35. The molecule has 2 unspecified atom stereocenters. The average molecular weight is 314 g/mol. The van der Waals surface area contributed by atoms with Gasteiger partial charge < -0.3 is 20.9 Å². The lowest BCUT2D eigenvalue weighted by Crippen LogP contribution is -2.33. The van der Waals surface area contributed by atoms with Gasteiger partial charge in [-0.2, -0.15) is 0 Å². The van der Waals surface area contributed by atoms with Crippen LogP contribution in [0.1, 0.15) is 19.6 Å². The highest BCUT2D eigenvalue weighted by molar-refractivity contribution is 8.01. The third-order valence-corrected chi connectivity index (χ3v) is 3.91. The highest BCUT2D eigenvalue weighted by atomic mass is 32.2. The van der Waals surface area contributed by atoms with E-state index in [1.54, 1.807) is 19.9 Å². The third kappa shape index (κ3) is 6.63. The van der Waals surface area contributed by atoms with Crippen LogP contribution in [0.2, 0.25) is 0 Å². The molecule has 7 nitrogen and oxygen atoms in total. The van der Waals surface area contributed by atoms with Crippen molar-refractivity contribution in [1.29, 1.82) is 0 Å². The standard InChI is InChI=1S/C13H22N4O3S/c1-8(5-14)6-15-12(18)7-21-10(3)13(19)16-11-4-9(2)20-17-11/h4,8,10H,5-7,14H2,1-3H3,(H,15,18)(H,16,17,19). The molecule has 0 saturated heterocycles. The van der Waals surface area contributed by atoms with Gasteiger partial charge in [0.25, 0.3) is 0 Å². The summed E-state index contributed by atoms with van der Waals surface area (Å²) in [4.78, 5) is 23.5. The molecule has 21 heavy (non-hydrogen) atoms. The quantitative estimate of drug-likeness (QED) is 0.653. The number of nitrogens with zero attached hydrogens (tertiary/aromatic N) is 1. The van der Waals surface area contributed by atoms with Gasteiger partial charge in [0.05, 0.1) is 11.0 Å². The highest BCUT2D eigenvalue weighted by Crippen LogP contribution is 2.14. The number of nitrogens with two attached hydrogens (primary N) is 1. The molecule has 0 fully saturated rings. The van der Waals surface area contributed by atoms with E-state index in [2.05, 4.69) is 15.8 Å². The van der Waals surface area contributed by atoms with E-state index in [1.165, 1.54) is 11.8 Å². The second kappa shape index (κ2) is 8.68. The molecule has 1 aromatic rings. The Bertz CT molecular complexity index is 478. The number of hydrogen-bond acceptors (Lipinski definition) is 6. The van der Waals surface area contributed by atoms with Crippen molar-refractivity contribution in [3.63, 3.8) is 0 Å². The molecule has 0 saturated carbocycles. The number of rotatable bonds is 8. The summed E-state index contributed by atoms with van der Waals surface area (Å²) >= 11 is 1.26. The topological polar surface area (TPSA) is 110 Å². The van der Waals surface area contributed by atoms with Gasteiger partial charge in [-0.25, -0.2) is 0 Å². The largest absolute Gasteiger partial charge is 0.360 e. The highest BCUT2D eigenvalue weighted by Gasteiger charge is 2.16. The number of carbonyl (C=O) groups excluding carboxylic acids is 2. The molecule has 0 aliphatic heterocycles. The number of amides is 2. The molecular formula is C13H22N4O3S. The van der Waals surface area contributed by atoms with Gasteiger partial charge >= 0.3 is 0 Å². The summed E-state index contributed by atoms with van der Waals surface area (Å²) in [6, 6.07) is 1.64. The minimum Gasteiger partial charge on any atom is -0.360 e. The molecule has 0 aliphatic rings. The molecule has 0 radical (unpaired) electrons. The Kier molecular flexibility index (Phi) is 7.24. The fourth-order valence-corrected chi connectivity index (χ4v) is 2.07. The molecule has 1 rings (SSSR count). The molecule has 0 spiro atoms. The van der Waals surface area contributed by atoms with Gasteiger partial charge in [-0.15, -0.1) is 11.8 Å². The third-order valence-electron chi connectivity index (χ3n) is 2.76. The normalized spacial score (nSPS) is 13.5. The van der Waals surface area contributed by atoms with Crippen LogP contribution in [0.3, 0.4) is 0 Å². The zero-order valence-corrected chi connectivity index (χ0v) is 13.3. The van der Waals surface area contributed by atoms with Crippen LogP contribution in [0, 0.1) is 12.8 Å². The van der Waals surface area contributed by atoms with E-state index in [-0.39, 0.29) is 28.7 Å². The maximum atomic E-state index is 11.9. The smallest absolute Gasteiger partial charge is 0.238 e. The second-order valence-electron chi connectivity index (χ2n) is 4.91. The first kappa shape index (κ1) is 17.5. The monoisotopic (exact) mass is 314 g/mol. The number of thioether (sulfide) groups is 1. The fraction of sp³-hybridized carbons (Fsp3) is 0.615. The first-order valence-corrected chi connectivity index (χ1v) is 7.79. The molecule has 8 heteroatoms. The van der Waals surface area contributed by atoms with Crippen molar-refractivity contribution in [2.45, 2.75) is 26.0 Å². The molecule has 4 N–H and O–H groups in total. The predicted octanol–water partition coefficient (Wildman–Crippen LogP) is 0.754. The summed E-state index contributed by atoms with van der Waals surface area (Å²) in [5.74, 6) is 1.16. The minimum absolute atomic E-state index is 0.0998. The van der Waals surface area contributed by atoms with Gasteiger partial charge in [-0.05, 0) is 26.3 Å². The van der Waals surface area contributed by atoms with E-state index in [0.717, 1.165) is 0 Å². The summed E-state index contributed by atoms with van der Waals surface area (Å²) in [5, 5.41) is 8.74. The molecular weight excluding hydrogens is 292 g/mol. The molecule has 0 bridgehead atoms. The summed E-state index contributed by atoms with van der Waals surface area (Å²) < 4.78 is 4.86. The summed E-state index contributed by atoms with van der Waals surface area (Å²) in [5.41, 5.74) is 5.47. The Morgan fingerprint density at radius 1 is 1.48 bits per heavy atom. The minimum atomic E-state index is -0.361. The zero-order valence-electron chi connectivity index (χ0n) is 12.5. The Labute approximate surface area is 128 Å². The lowest BCUT2D eigenvalue weighted by molar-refractivity contribution is -0.118. The van der Waals surface area contributed by atoms with Crippen LogP contribution in [-0.4, -0.2) is 41.1 Å².